The van der Waals surface area contributed by atoms with Crippen LogP contribution in [0.15, 0.2) is 71.5 Å². The van der Waals surface area contributed by atoms with Crippen LogP contribution >= 0.6 is 0 Å². The Bertz CT molecular complexity index is 1480. The maximum atomic E-state index is 12.7. The lowest BCUT2D eigenvalue weighted by atomic mass is 10.0. The van der Waals surface area contributed by atoms with Gasteiger partial charge in [0.05, 0.1) is 16.5 Å². The molecule has 0 saturated heterocycles. The molecule has 176 valence electrons. The molecule has 0 saturated carbocycles. The summed E-state index contributed by atoms with van der Waals surface area (Å²) >= 11 is 0. The van der Waals surface area contributed by atoms with Gasteiger partial charge in [-0.25, -0.2) is 9.78 Å². The number of H-pyrrole nitrogens is 1. The zero-order chi connectivity index (χ0) is 24.2. The van der Waals surface area contributed by atoms with Gasteiger partial charge < -0.3 is 24.5 Å². The van der Waals surface area contributed by atoms with Crippen molar-refractivity contribution < 1.29 is 23.8 Å². The number of rotatable bonds is 7. The first-order valence-electron chi connectivity index (χ1n) is 10.9. The second-order valence-corrected chi connectivity index (χ2v) is 7.90. The molecule has 0 bridgehead atoms. The van der Waals surface area contributed by atoms with E-state index in [-0.39, 0.29) is 25.3 Å². The van der Waals surface area contributed by atoms with Crippen LogP contribution in [0.3, 0.4) is 0 Å². The van der Waals surface area contributed by atoms with Crippen molar-refractivity contribution in [2.45, 2.75) is 13.0 Å². The summed E-state index contributed by atoms with van der Waals surface area (Å²) in [5.41, 5.74) is 2.08. The molecule has 1 aromatic heterocycles. The highest BCUT2D eigenvalue weighted by atomic mass is 16.7. The van der Waals surface area contributed by atoms with E-state index in [0.29, 0.717) is 39.4 Å². The number of aromatic amines is 1. The Kier molecular flexibility index (Phi) is 6.13. The smallest absolute Gasteiger partial charge is 0.338 e. The molecule has 2 N–H and O–H groups in total. The highest BCUT2D eigenvalue weighted by Crippen LogP contribution is 2.32. The lowest BCUT2D eigenvalue weighted by Crippen LogP contribution is -2.28. The molecule has 0 radical (unpaired) electrons. The summed E-state index contributed by atoms with van der Waals surface area (Å²) in [6, 6.07) is 19.3. The number of hydrogen-bond donors (Lipinski definition) is 2. The topological polar surface area (TPSA) is 120 Å². The highest BCUT2D eigenvalue weighted by Gasteiger charge is 2.17. The Morgan fingerprint density at radius 2 is 1.80 bits per heavy atom. The molecule has 4 aromatic rings. The summed E-state index contributed by atoms with van der Waals surface area (Å²) in [6.07, 6.45) is 0.224. The van der Waals surface area contributed by atoms with Gasteiger partial charge in [0.15, 0.2) is 18.1 Å². The van der Waals surface area contributed by atoms with Crippen molar-refractivity contribution in [1.29, 1.82) is 0 Å². The van der Waals surface area contributed by atoms with Crippen LogP contribution < -0.4 is 20.3 Å². The van der Waals surface area contributed by atoms with Crippen LogP contribution in [-0.4, -0.2) is 35.2 Å². The van der Waals surface area contributed by atoms with Gasteiger partial charge in [-0.3, -0.25) is 9.59 Å². The van der Waals surface area contributed by atoms with Gasteiger partial charge in [0.2, 0.25) is 6.79 Å². The number of carbonyl (C=O) groups is 2. The minimum atomic E-state index is -0.637. The zero-order valence-electron chi connectivity index (χ0n) is 18.6. The number of nitrogens with zero attached hydrogens (tertiary/aromatic N) is 1. The maximum Gasteiger partial charge on any atom is 0.338 e. The van der Waals surface area contributed by atoms with Crippen molar-refractivity contribution in [2.75, 3.05) is 13.4 Å². The van der Waals surface area contributed by atoms with Crippen LogP contribution in [0, 0.1) is 0 Å². The number of ether oxygens (including phenoxy) is 3. The minimum absolute atomic E-state index is 0.176. The molecule has 2 heterocycles. The summed E-state index contributed by atoms with van der Waals surface area (Å²) < 4.78 is 15.8. The Labute approximate surface area is 199 Å². The molecule has 9 heteroatoms. The van der Waals surface area contributed by atoms with Gasteiger partial charge in [-0.15, -0.1) is 0 Å². The molecule has 0 unspecified atom stereocenters. The second-order valence-electron chi connectivity index (χ2n) is 7.90. The van der Waals surface area contributed by atoms with Crippen LogP contribution in [0.25, 0.3) is 10.9 Å². The average molecular weight is 471 g/mol. The molecule has 9 nitrogen and oxygen atoms in total. The number of amides is 1. The second kappa shape index (κ2) is 9.68. The summed E-state index contributed by atoms with van der Waals surface area (Å²) in [7, 11) is 0. The standard InChI is InChI=1S/C26H21N3O6/c30-24(27-13-16-9-10-21-22(11-16)35-15-34-21)14-33-26(32)18-6-2-1-5-17(18)12-23-28-20-8-4-3-7-19(20)25(31)29-23/h1-11H,12-15H2,(H,27,30)(H,28,29,31). The Hall–Kier alpha value is -4.66. The maximum absolute atomic E-state index is 12.7. The predicted molar refractivity (Wildman–Crippen MR) is 126 cm³/mol. The summed E-state index contributed by atoms with van der Waals surface area (Å²) in [5, 5.41) is 3.21. The fourth-order valence-corrected chi connectivity index (χ4v) is 3.78. The molecule has 0 atom stereocenters. The number of nitrogens with one attached hydrogen (secondary N) is 2. The van der Waals surface area contributed by atoms with Crippen molar-refractivity contribution in [3.8, 4) is 11.5 Å². The van der Waals surface area contributed by atoms with Crippen molar-refractivity contribution in [3.05, 3.63) is 99.6 Å². The van der Waals surface area contributed by atoms with Crippen LogP contribution in [-0.2, 0) is 22.5 Å². The van der Waals surface area contributed by atoms with E-state index in [4.69, 9.17) is 14.2 Å². The van der Waals surface area contributed by atoms with Crippen molar-refractivity contribution in [3.63, 3.8) is 0 Å². The van der Waals surface area contributed by atoms with Crippen LogP contribution in [0.1, 0.15) is 27.3 Å². The summed E-state index contributed by atoms with van der Waals surface area (Å²) in [6.45, 7) is 0.00294. The largest absolute Gasteiger partial charge is 0.454 e. The molecule has 3 aromatic carbocycles. The third kappa shape index (κ3) is 4.98. The lowest BCUT2D eigenvalue weighted by molar-refractivity contribution is -0.124. The zero-order valence-corrected chi connectivity index (χ0v) is 18.6. The monoisotopic (exact) mass is 471 g/mol. The van der Waals surface area contributed by atoms with Crippen LogP contribution in [0.2, 0.25) is 0 Å². The van der Waals surface area contributed by atoms with E-state index in [1.54, 1.807) is 60.7 Å². The predicted octanol–water partition coefficient (Wildman–Crippen LogP) is 2.72. The van der Waals surface area contributed by atoms with Gasteiger partial charge in [-0.2, -0.15) is 0 Å². The fraction of sp³-hybridized carbons (Fsp3) is 0.154. The molecular weight excluding hydrogens is 450 g/mol. The minimum Gasteiger partial charge on any atom is -0.454 e. The van der Waals surface area contributed by atoms with E-state index < -0.39 is 18.5 Å². The Balaban J connectivity index is 1.21. The van der Waals surface area contributed by atoms with E-state index in [1.807, 2.05) is 6.07 Å². The highest BCUT2D eigenvalue weighted by molar-refractivity contribution is 5.92. The van der Waals surface area contributed by atoms with Crippen molar-refractivity contribution in [1.82, 2.24) is 15.3 Å². The molecule has 0 spiro atoms. The lowest BCUT2D eigenvalue weighted by Gasteiger charge is -2.10. The normalized spacial score (nSPS) is 11.9. The SMILES string of the molecule is O=C(COC(=O)c1ccccc1Cc1nc2ccccc2c(=O)[nH]1)NCc1ccc2c(c1)OCO2. The average Bonchev–Trinajstić information content (AvgIpc) is 3.34. The van der Waals surface area contributed by atoms with Crippen LogP contribution in [0.5, 0.6) is 11.5 Å². The number of benzene rings is 3. The number of esters is 1. The van der Waals surface area contributed by atoms with Gasteiger partial charge in [-0.05, 0) is 41.5 Å². The van der Waals surface area contributed by atoms with Gasteiger partial charge in [0, 0.05) is 13.0 Å². The number of aromatic nitrogens is 2. The fourth-order valence-electron chi connectivity index (χ4n) is 3.78. The van der Waals surface area contributed by atoms with E-state index in [9.17, 15) is 14.4 Å². The Morgan fingerprint density at radius 3 is 2.71 bits per heavy atom. The van der Waals surface area contributed by atoms with Gasteiger partial charge in [-0.1, -0.05) is 36.4 Å². The first kappa shape index (κ1) is 22.1. The third-order valence-electron chi connectivity index (χ3n) is 5.52. The van der Waals surface area contributed by atoms with Crippen LogP contribution in [0.4, 0.5) is 0 Å². The molecule has 1 amide bonds. The summed E-state index contributed by atoms with van der Waals surface area (Å²) in [5.74, 6) is 0.643. The van der Waals surface area contributed by atoms with Gasteiger partial charge >= 0.3 is 5.97 Å². The van der Waals surface area contributed by atoms with E-state index >= 15 is 0 Å². The van der Waals surface area contributed by atoms with Crippen molar-refractivity contribution in [2.24, 2.45) is 0 Å². The quantitative estimate of drug-likeness (QED) is 0.398. The third-order valence-corrected chi connectivity index (χ3v) is 5.52. The number of hydrogen-bond acceptors (Lipinski definition) is 7. The Morgan fingerprint density at radius 1 is 1.00 bits per heavy atom. The molecule has 0 aliphatic carbocycles. The first-order valence-corrected chi connectivity index (χ1v) is 10.9. The molecule has 35 heavy (non-hydrogen) atoms. The van der Waals surface area contributed by atoms with Gasteiger partial charge in [0.25, 0.3) is 11.5 Å². The number of carbonyl (C=O) groups excluding carboxylic acids is 2. The van der Waals surface area contributed by atoms with E-state index in [2.05, 4.69) is 15.3 Å². The van der Waals surface area contributed by atoms with E-state index in [1.165, 1.54) is 0 Å². The molecule has 0 fully saturated rings. The molecule has 5 rings (SSSR count). The first-order chi connectivity index (χ1) is 17.1. The molecule has 1 aliphatic rings. The molecular formula is C26H21N3O6. The number of fused-ring (bicyclic) bond motifs is 2. The van der Waals surface area contributed by atoms with Gasteiger partial charge in [0.1, 0.15) is 5.82 Å². The molecule has 1 aliphatic heterocycles. The summed E-state index contributed by atoms with van der Waals surface area (Å²) in [4.78, 5) is 44.6. The van der Waals surface area contributed by atoms with Crippen molar-refractivity contribution >= 4 is 22.8 Å². The number of para-hydroxylation sites is 1. The van der Waals surface area contributed by atoms with E-state index in [0.717, 1.165) is 5.56 Å².